The third kappa shape index (κ3) is 13.0. The molecule has 2 aliphatic heterocycles. The molecule has 0 radical (unpaired) electrons. The van der Waals surface area contributed by atoms with E-state index in [1.807, 2.05) is 18.2 Å². The van der Waals surface area contributed by atoms with E-state index in [4.69, 9.17) is 19.8 Å². The molecule has 2 aromatic rings. The van der Waals surface area contributed by atoms with Gasteiger partial charge in [0.1, 0.15) is 5.82 Å². The van der Waals surface area contributed by atoms with Gasteiger partial charge in [-0.05, 0) is 106 Å². The van der Waals surface area contributed by atoms with E-state index in [1.165, 1.54) is 11.1 Å². The maximum absolute atomic E-state index is 13.9. The second-order valence-corrected chi connectivity index (χ2v) is 10.4. The molecule has 7 nitrogen and oxygen atoms in total. The van der Waals surface area contributed by atoms with E-state index in [2.05, 4.69) is 22.3 Å². The molecule has 4 rings (SSSR count). The van der Waals surface area contributed by atoms with Crippen LogP contribution in [0.4, 0.5) is 30.7 Å². The number of carboxylic acids is 2. The smallest absolute Gasteiger partial charge is 0.475 e. The van der Waals surface area contributed by atoms with Crippen LogP contribution in [0.5, 0.6) is 0 Å². The lowest BCUT2D eigenvalue weighted by atomic mass is 9.90. The van der Waals surface area contributed by atoms with Crippen molar-refractivity contribution < 1.29 is 55.3 Å². The molecule has 3 N–H and O–H groups in total. The Bertz CT molecular complexity index is 1220. The summed E-state index contributed by atoms with van der Waals surface area (Å²) in [5.41, 5.74) is 4.44. The van der Waals surface area contributed by atoms with Crippen LogP contribution in [0.15, 0.2) is 42.5 Å². The highest BCUT2D eigenvalue weighted by atomic mass is 19.4. The second kappa shape index (κ2) is 17.1. The number of likely N-dealkylation sites (tertiary alicyclic amines) is 1. The summed E-state index contributed by atoms with van der Waals surface area (Å²) in [4.78, 5) is 32.9. The summed E-state index contributed by atoms with van der Waals surface area (Å²) in [5, 5.41) is 17.7. The number of fused-ring (bicyclic) bond motifs is 1. The highest BCUT2D eigenvalue weighted by Crippen LogP contribution is 2.24. The quantitative estimate of drug-likeness (QED) is 0.265. The SMILES string of the molecule is O=C(CCCN1CCC(Cc2ccccc2F)CC1)c1ccc2c(c1)CCNCC2.O=C(O)C(F)(F)F.O=C(O)C(F)(F)F. The number of halogens is 7. The van der Waals surface area contributed by atoms with Crippen LogP contribution in [0.3, 0.4) is 0 Å². The number of benzene rings is 2. The van der Waals surface area contributed by atoms with Gasteiger partial charge in [-0.3, -0.25) is 4.79 Å². The maximum Gasteiger partial charge on any atom is 0.490 e. The summed E-state index contributed by atoms with van der Waals surface area (Å²) in [6, 6.07) is 13.4. The molecule has 0 atom stereocenters. The number of piperidine rings is 1. The molecule has 0 spiro atoms. The summed E-state index contributed by atoms with van der Waals surface area (Å²) in [6.07, 6.45) is -3.51. The van der Waals surface area contributed by atoms with E-state index in [0.717, 1.165) is 82.4 Å². The third-order valence-electron chi connectivity index (χ3n) is 7.21. The molecule has 0 saturated carbocycles. The summed E-state index contributed by atoms with van der Waals surface area (Å²) in [5.74, 6) is -4.76. The van der Waals surface area contributed by atoms with Crippen molar-refractivity contribution in [1.82, 2.24) is 10.2 Å². The Morgan fingerprint density at radius 1 is 0.841 bits per heavy atom. The number of ketones is 1. The lowest BCUT2D eigenvalue weighted by Crippen LogP contribution is -2.35. The molecule has 244 valence electrons. The number of nitrogens with one attached hydrogen (secondary N) is 1. The number of carboxylic acid groups (broad SMARTS) is 2. The van der Waals surface area contributed by atoms with Crippen molar-refractivity contribution in [2.24, 2.45) is 5.92 Å². The first-order chi connectivity index (χ1) is 20.6. The van der Waals surface area contributed by atoms with Crippen molar-refractivity contribution in [2.45, 2.75) is 57.3 Å². The van der Waals surface area contributed by atoms with Crippen LogP contribution in [0.1, 0.15) is 52.7 Å². The van der Waals surface area contributed by atoms with E-state index < -0.39 is 24.3 Å². The van der Waals surface area contributed by atoms with Crippen LogP contribution < -0.4 is 5.32 Å². The number of nitrogens with zero attached hydrogens (tertiary/aromatic N) is 1. The molecular formula is C30H35F7N2O5. The highest BCUT2D eigenvalue weighted by Gasteiger charge is 2.38. The Kier molecular flexibility index (Phi) is 14.2. The standard InChI is InChI=1S/C26H33FN2O.2C2HF3O2/c27-25-5-2-1-4-23(25)18-20-11-16-29(17-12-20)15-3-6-26(30)24-8-7-21-9-13-28-14-10-22(21)19-24;2*3-2(4,5)1(6)7/h1-2,4-5,7-8,19-20,28H,3,6,9-18H2;2*(H,6,7). The van der Waals surface area contributed by atoms with Gasteiger partial charge in [-0.2, -0.15) is 26.3 Å². The molecule has 1 fully saturated rings. The average Bonchev–Trinajstić information content (AvgIpc) is 3.20. The Morgan fingerprint density at radius 2 is 1.39 bits per heavy atom. The molecule has 1 saturated heterocycles. The monoisotopic (exact) mass is 636 g/mol. The van der Waals surface area contributed by atoms with Gasteiger partial charge in [0, 0.05) is 12.0 Å². The molecule has 0 bridgehead atoms. The first-order valence-electron chi connectivity index (χ1n) is 14.0. The minimum Gasteiger partial charge on any atom is -0.475 e. The Labute approximate surface area is 250 Å². The molecule has 0 amide bonds. The first-order valence-corrected chi connectivity index (χ1v) is 14.0. The van der Waals surface area contributed by atoms with Gasteiger partial charge in [0.25, 0.3) is 0 Å². The molecule has 2 aromatic carbocycles. The predicted octanol–water partition coefficient (Wildman–Crippen LogP) is 5.70. The number of carbonyl (C=O) groups excluding carboxylic acids is 1. The number of aliphatic carboxylic acids is 2. The van der Waals surface area contributed by atoms with Crippen LogP contribution >= 0.6 is 0 Å². The summed E-state index contributed by atoms with van der Waals surface area (Å²) >= 11 is 0. The van der Waals surface area contributed by atoms with Crippen molar-refractivity contribution in [2.75, 3.05) is 32.7 Å². The van der Waals surface area contributed by atoms with E-state index in [0.29, 0.717) is 12.3 Å². The fraction of sp³-hybridized carbons (Fsp3) is 0.500. The van der Waals surface area contributed by atoms with Gasteiger partial charge < -0.3 is 20.4 Å². The van der Waals surface area contributed by atoms with Crippen molar-refractivity contribution in [1.29, 1.82) is 0 Å². The number of carbonyl (C=O) groups is 3. The molecule has 0 aromatic heterocycles. The van der Waals surface area contributed by atoms with Gasteiger partial charge in [-0.15, -0.1) is 0 Å². The van der Waals surface area contributed by atoms with Crippen molar-refractivity contribution in [3.63, 3.8) is 0 Å². The fourth-order valence-corrected chi connectivity index (χ4v) is 4.84. The number of Topliss-reactive ketones (excluding diaryl/α,β-unsaturated/α-hetero) is 1. The van der Waals surface area contributed by atoms with Crippen LogP contribution in [-0.4, -0.2) is 77.9 Å². The fourth-order valence-electron chi connectivity index (χ4n) is 4.84. The van der Waals surface area contributed by atoms with Gasteiger partial charge >= 0.3 is 24.3 Å². The van der Waals surface area contributed by atoms with Crippen molar-refractivity contribution >= 4 is 17.7 Å². The zero-order chi connectivity index (χ0) is 32.9. The number of rotatable bonds is 7. The summed E-state index contributed by atoms with van der Waals surface area (Å²) < 4.78 is 77.3. The molecule has 0 aliphatic carbocycles. The molecule has 0 unspecified atom stereocenters. The van der Waals surface area contributed by atoms with Crippen LogP contribution in [-0.2, 0) is 28.9 Å². The van der Waals surface area contributed by atoms with Crippen LogP contribution in [0.2, 0.25) is 0 Å². The molecular weight excluding hydrogens is 601 g/mol. The third-order valence-corrected chi connectivity index (χ3v) is 7.21. The number of hydrogen-bond acceptors (Lipinski definition) is 5. The van der Waals surface area contributed by atoms with E-state index in [-0.39, 0.29) is 11.6 Å². The van der Waals surface area contributed by atoms with Crippen molar-refractivity contribution in [3.05, 3.63) is 70.5 Å². The zero-order valence-corrected chi connectivity index (χ0v) is 23.8. The maximum atomic E-state index is 13.9. The van der Waals surface area contributed by atoms with E-state index in [1.54, 1.807) is 12.1 Å². The van der Waals surface area contributed by atoms with Gasteiger partial charge in [-0.25, -0.2) is 14.0 Å². The summed E-state index contributed by atoms with van der Waals surface area (Å²) in [6.45, 7) is 5.11. The zero-order valence-electron chi connectivity index (χ0n) is 23.8. The normalized spacial score (nSPS) is 15.9. The highest BCUT2D eigenvalue weighted by molar-refractivity contribution is 5.96. The Hall–Kier alpha value is -3.52. The van der Waals surface area contributed by atoms with Gasteiger partial charge in [0.05, 0.1) is 0 Å². The first kappa shape index (κ1) is 36.7. The van der Waals surface area contributed by atoms with Crippen LogP contribution in [0, 0.1) is 11.7 Å². The molecule has 2 aliphatic rings. The second-order valence-electron chi connectivity index (χ2n) is 10.4. The lowest BCUT2D eigenvalue weighted by molar-refractivity contribution is -0.193. The van der Waals surface area contributed by atoms with Crippen molar-refractivity contribution in [3.8, 4) is 0 Å². The molecule has 14 heteroatoms. The number of alkyl halides is 6. The van der Waals surface area contributed by atoms with Gasteiger partial charge in [0.2, 0.25) is 0 Å². The molecule has 44 heavy (non-hydrogen) atoms. The van der Waals surface area contributed by atoms with Gasteiger partial charge in [-0.1, -0.05) is 30.3 Å². The molecule has 2 heterocycles. The minimum absolute atomic E-state index is 0.0764. The summed E-state index contributed by atoms with van der Waals surface area (Å²) in [7, 11) is 0. The van der Waals surface area contributed by atoms with E-state index >= 15 is 0 Å². The average molecular weight is 637 g/mol. The van der Waals surface area contributed by atoms with Gasteiger partial charge in [0.15, 0.2) is 5.78 Å². The predicted molar refractivity (Wildman–Crippen MR) is 147 cm³/mol. The van der Waals surface area contributed by atoms with E-state index in [9.17, 15) is 35.5 Å². The lowest BCUT2D eigenvalue weighted by Gasteiger charge is -2.32. The largest absolute Gasteiger partial charge is 0.490 e. The topological polar surface area (TPSA) is 107 Å². The number of hydrogen-bond donors (Lipinski definition) is 3. The Balaban J connectivity index is 0.000000402. The van der Waals surface area contributed by atoms with Crippen LogP contribution in [0.25, 0.3) is 0 Å². The minimum atomic E-state index is -5.08. The Morgan fingerprint density at radius 3 is 1.93 bits per heavy atom.